The molecule has 0 radical (unpaired) electrons. The third-order valence-electron chi connectivity index (χ3n) is 2.29. The molecule has 0 aliphatic rings. The van der Waals surface area contributed by atoms with E-state index in [0.717, 1.165) is 4.88 Å². The molecule has 6 heteroatoms. The molecule has 0 saturated carbocycles. The van der Waals surface area contributed by atoms with Crippen molar-refractivity contribution in [2.24, 2.45) is 0 Å². The van der Waals surface area contributed by atoms with Crippen LogP contribution in [0.1, 0.15) is 0 Å². The Hall–Kier alpha value is -1.95. The van der Waals surface area contributed by atoms with Crippen LogP contribution in [0.2, 0.25) is 0 Å². The molecule has 0 bridgehead atoms. The summed E-state index contributed by atoms with van der Waals surface area (Å²) in [5.41, 5.74) is 8.89. The van der Waals surface area contributed by atoms with E-state index in [1.807, 2.05) is 0 Å². The fourth-order valence-electron chi connectivity index (χ4n) is 1.55. The monoisotopic (exact) mass is 234 g/mol. The van der Waals surface area contributed by atoms with Crippen LogP contribution in [-0.2, 0) is 0 Å². The molecule has 16 heavy (non-hydrogen) atoms. The fourth-order valence-corrected chi connectivity index (χ4v) is 2.17. The van der Waals surface area contributed by atoms with Crippen LogP contribution in [0.4, 0.5) is 10.2 Å². The first kappa shape index (κ1) is 9.29. The minimum Gasteiger partial charge on any atom is -0.383 e. The molecule has 2 N–H and O–H groups in total. The number of fused-ring (bicyclic) bond motifs is 1. The Bertz CT molecular complexity index is 644. The van der Waals surface area contributed by atoms with E-state index in [9.17, 15) is 4.39 Å². The van der Waals surface area contributed by atoms with Crippen LogP contribution >= 0.6 is 11.3 Å². The van der Waals surface area contributed by atoms with Gasteiger partial charge in [0.15, 0.2) is 0 Å². The van der Waals surface area contributed by atoms with Gasteiger partial charge in [0.1, 0.15) is 23.0 Å². The third kappa shape index (κ3) is 1.27. The van der Waals surface area contributed by atoms with Crippen molar-refractivity contribution < 1.29 is 4.39 Å². The summed E-state index contributed by atoms with van der Waals surface area (Å²) in [7, 11) is 0. The number of thiazole rings is 1. The molecule has 0 aliphatic carbocycles. The van der Waals surface area contributed by atoms with Gasteiger partial charge < -0.3 is 5.73 Å². The molecule has 4 nitrogen and oxygen atoms in total. The lowest BCUT2D eigenvalue weighted by molar-refractivity contribution is 0.619. The van der Waals surface area contributed by atoms with Crippen molar-refractivity contribution in [2.75, 3.05) is 5.73 Å². The van der Waals surface area contributed by atoms with Crippen molar-refractivity contribution in [1.82, 2.24) is 14.4 Å². The molecule has 0 spiro atoms. The Morgan fingerprint density at radius 3 is 3.00 bits per heavy atom. The van der Waals surface area contributed by atoms with Gasteiger partial charge in [-0.3, -0.25) is 9.38 Å². The van der Waals surface area contributed by atoms with E-state index in [1.54, 1.807) is 17.8 Å². The number of rotatable bonds is 1. The highest BCUT2D eigenvalue weighted by atomic mass is 32.1. The summed E-state index contributed by atoms with van der Waals surface area (Å²) < 4.78 is 14.6. The first-order chi connectivity index (χ1) is 7.75. The standard InChI is InChI=1S/C10H7FN4S/c11-6-1-2-8-14-9(7-3-13-5-16-7)10(12)15(8)4-6/h1-5H,12H2. The van der Waals surface area contributed by atoms with Crippen LogP contribution in [0.3, 0.4) is 0 Å². The van der Waals surface area contributed by atoms with E-state index in [4.69, 9.17) is 5.73 Å². The minimum absolute atomic E-state index is 0.340. The molecule has 0 aliphatic heterocycles. The van der Waals surface area contributed by atoms with Crippen LogP contribution in [-0.4, -0.2) is 14.4 Å². The second-order valence-corrected chi connectivity index (χ2v) is 4.17. The molecular weight excluding hydrogens is 227 g/mol. The number of halogens is 1. The number of hydrogen-bond donors (Lipinski definition) is 1. The van der Waals surface area contributed by atoms with Gasteiger partial charge in [0.25, 0.3) is 0 Å². The van der Waals surface area contributed by atoms with Crippen molar-refractivity contribution >= 4 is 22.8 Å². The smallest absolute Gasteiger partial charge is 0.140 e. The summed E-state index contributed by atoms with van der Waals surface area (Å²) in [6.45, 7) is 0. The van der Waals surface area contributed by atoms with E-state index in [2.05, 4.69) is 9.97 Å². The predicted molar refractivity (Wildman–Crippen MR) is 60.7 cm³/mol. The van der Waals surface area contributed by atoms with Gasteiger partial charge in [-0.2, -0.15) is 0 Å². The Labute approximate surface area is 94.2 Å². The van der Waals surface area contributed by atoms with Gasteiger partial charge in [-0.15, -0.1) is 11.3 Å². The quantitative estimate of drug-likeness (QED) is 0.702. The van der Waals surface area contributed by atoms with Crippen molar-refractivity contribution in [3.63, 3.8) is 0 Å². The molecule has 0 unspecified atom stereocenters. The molecule has 3 heterocycles. The maximum absolute atomic E-state index is 13.1. The molecule has 3 aromatic heterocycles. The van der Waals surface area contributed by atoms with Gasteiger partial charge in [-0.25, -0.2) is 9.37 Å². The summed E-state index contributed by atoms with van der Waals surface area (Å²) in [5.74, 6) is 0.0891. The second-order valence-electron chi connectivity index (χ2n) is 3.29. The lowest BCUT2D eigenvalue weighted by Gasteiger charge is -1.96. The number of hydrogen-bond acceptors (Lipinski definition) is 4. The number of imidazole rings is 1. The van der Waals surface area contributed by atoms with Crippen LogP contribution in [0.25, 0.3) is 16.2 Å². The molecular formula is C10H7FN4S. The van der Waals surface area contributed by atoms with Gasteiger partial charge >= 0.3 is 0 Å². The number of anilines is 1. The summed E-state index contributed by atoms with van der Waals surface area (Å²) >= 11 is 1.45. The second kappa shape index (κ2) is 3.28. The molecule has 80 valence electrons. The van der Waals surface area contributed by atoms with Crippen molar-refractivity contribution in [3.8, 4) is 10.6 Å². The van der Waals surface area contributed by atoms with E-state index in [0.29, 0.717) is 17.2 Å². The van der Waals surface area contributed by atoms with E-state index in [1.165, 1.54) is 28.0 Å². The molecule has 0 amide bonds. The van der Waals surface area contributed by atoms with Crippen molar-refractivity contribution in [3.05, 3.63) is 35.9 Å². The summed E-state index contributed by atoms with van der Waals surface area (Å²) in [4.78, 5) is 9.18. The average Bonchev–Trinajstić information content (AvgIpc) is 2.87. The summed E-state index contributed by atoms with van der Waals surface area (Å²) in [6.07, 6.45) is 3.02. The lowest BCUT2D eigenvalue weighted by Crippen LogP contribution is -1.94. The predicted octanol–water partition coefficient (Wildman–Crippen LogP) is 2.18. The van der Waals surface area contributed by atoms with Crippen LogP contribution in [0.5, 0.6) is 0 Å². The van der Waals surface area contributed by atoms with Gasteiger partial charge in [0.05, 0.1) is 10.4 Å². The normalized spacial score (nSPS) is 11.1. The van der Waals surface area contributed by atoms with Crippen molar-refractivity contribution in [2.45, 2.75) is 0 Å². The molecule has 0 aromatic carbocycles. The number of nitrogen functional groups attached to an aromatic ring is 1. The van der Waals surface area contributed by atoms with E-state index < -0.39 is 0 Å². The number of nitrogens with two attached hydrogens (primary N) is 1. The molecule has 0 fully saturated rings. The average molecular weight is 234 g/mol. The van der Waals surface area contributed by atoms with E-state index >= 15 is 0 Å². The van der Waals surface area contributed by atoms with Gasteiger partial charge in [-0.05, 0) is 12.1 Å². The SMILES string of the molecule is Nc1c(-c2cncs2)nc2ccc(F)cn12. The first-order valence-corrected chi connectivity index (χ1v) is 5.45. The molecule has 0 atom stereocenters. The zero-order valence-electron chi connectivity index (χ0n) is 8.09. The Balaban J connectivity index is 2.32. The highest BCUT2D eigenvalue weighted by Gasteiger charge is 2.12. The maximum atomic E-state index is 13.1. The topological polar surface area (TPSA) is 56.2 Å². The lowest BCUT2D eigenvalue weighted by atomic mass is 10.4. The summed E-state index contributed by atoms with van der Waals surface area (Å²) in [6, 6.07) is 2.95. The van der Waals surface area contributed by atoms with Crippen LogP contribution in [0, 0.1) is 5.82 Å². The molecule has 3 aromatic rings. The Kier molecular flexibility index (Phi) is 1.90. The van der Waals surface area contributed by atoms with Crippen molar-refractivity contribution in [1.29, 1.82) is 0 Å². The Morgan fingerprint density at radius 1 is 1.38 bits per heavy atom. The number of aromatic nitrogens is 3. The third-order valence-corrected chi connectivity index (χ3v) is 3.06. The highest BCUT2D eigenvalue weighted by molar-refractivity contribution is 7.13. The number of nitrogens with zero attached hydrogens (tertiary/aromatic N) is 3. The number of pyridine rings is 1. The largest absolute Gasteiger partial charge is 0.383 e. The molecule has 0 saturated heterocycles. The highest BCUT2D eigenvalue weighted by Crippen LogP contribution is 2.28. The van der Waals surface area contributed by atoms with Crippen LogP contribution < -0.4 is 5.73 Å². The van der Waals surface area contributed by atoms with E-state index in [-0.39, 0.29) is 5.82 Å². The van der Waals surface area contributed by atoms with Gasteiger partial charge in [-0.1, -0.05) is 0 Å². The zero-order valence-corrected chi connectivity index (χ0v) is 8.91. The summed E-state index contributed by atoms with van der Waals surface area (Å²) in [5, 5.41) is 0. The zero-order chi connectivity index (χ0) is 11.1. The van der Waals surface area contributed by atoms with Gasteiger partial charge in [0.2, 0.25) is 0 Å². The van der Waals surface area contributed by atoms with Crippen LogP contribution in [0.15, 0.2) is 30.0 Å². The van der Waals surface area contributed by atoms with Gasteiger partial charge in [0, 0.05) is 12.4 Å². The maximum Gasteiger partial charge on any atom is 0.140 e. The minimum atomic E-state index is -0.340. The molecule has 3 rings (SSSR count). The Morgan fingerprint density at radius 2 is 2.25 bits per heavy atom. The first-order valence-electron chi connectivity index (χ1n) is 4.57. The fraction of sp³-hybridized carbons (Fsp3) is 0.